The molecule has 3 aromatic carbocycles. The van der Waals surface area contributed by atoms with Crippen molar-refractivity contribution in [2.24, 2.45) is 0 Å². The maximum absolute atomic E-state index is 13.1. The first-order chi connectivity index (χ1) is 17.0. The first kappa shape index (κ1) is 24.9. The Bertz CT molecular complexity index is 1520. The van der Waals surface area contributed by atoms with E-state index in [1.165, 1.54) is 48.5 Å². The SMILES string of the molecule is CS(=O)(=O)c1cccc(NC(=O)c2nc3ccccc3nc2Oc2ccc(OCC(F)(F)F)cc2)c1. The summed E-state index contributed by atoms with van der Waals surface area (Å²) in [5.74, 6) is -0.714. The summed E-state index contributed by atoms with van der Waals surface area (Å²) in [5.41, 5.74) is 0.884. The summed E-state index contributed by atoms with van der Waals surface area (Å²) in [6, 6.07) is 17.8. The number of amides is 1. The van der Waals surface area contributed by atoms with Crippen LogP contribution >= 0.6 is 0 Å². The third kappa shape index (κ3) is 6.27. The highest BCUT2D eigenvalue weighted by molar-refractivity contribution is 7.90. The Labute approximate surface area is 203 Å². The summed E-state index contributed by atoms with van der Waals surface area (Å²) in [5, 5.41) is 2.59. The van der Waals surface area contributed by atoms with Gasteiger partial charge in [-0.15, -0.1) is 0 Å². The van der Waals surface area contributed by atoms with Gasteiger partial charge < -0.3 is 14.8 Å². The van der Waals surface area contributed by atoms with E-state index in [1.807, 2.05) is 0 Å². The van der Waals surface area contributed by atoms with Crippen molar-refractivity contribution in [1.29, 1.82) is 0 Å². The second kappa shape index (κ2) is 9.82. The molecule has 0 aliphatic carbocycles. The van der Waals surface area contributed by atoms with Crippen LogP contribution in [0.15, 0.2) is 77.7 Å². The van der Waals surface area contributed by atoms with Crippen LogP contribution in [0.5, 0.6) is 17.4 Å². The van der Waals surface area contributed by atoms with Gasteiger partial charge in [-0.25, -0.2) is 18.4 Å². The lowest BCUT2D eigenvalue weighted by Gasteiger charge is -2.13. The van der Waals surface area contributed by atoms with Crippen molar-refractivity contribution in [3.63, 3.8) is 0 Å². The number of anilines is 1. The molecular weight excluding hydrogens is 499 g/mol. The summed E-state index contributed by atoms with van der Waals surface area (Å²) in [7, 11) is -3.50. The zero-order valence-corrected chi connectivity index (χ0v) is 19.4. The second-order valence-electron chi connectivity index (χ2n) is 7.60. The molecule has 4 aromatic rings. The van der Waals surface area contributed by atoms with Gasteiger partial charge in [0.1, 0.15) is 11.5 Å². The topological polar surface area (TPSA) is 107 Å². The van der Waals surface area contributed by atoms with Crippen molar-refractivity contribution in [3.05, 3.63) is 78.5 Å². The van der Waals surface area contributed by atoms with E-state index in [0.717, 1.165) is 6.26 Å². The number of sulfone groups is 1. The van der Waals surface area contributed by atoms with Gasteiger partial charge in [-0.2, -0.15) is 13.2 Å². The highest BCUT2D eigenvalue weighted by atomic mass is 32.2. The van der Waals surface area contributed by atoms with Gasteiger partial charge >= 0.3 is 6.18 Å². The Morgan fingerprint density at radius 2 is 1.56 bits per heavy atom. The number of carbonyl (C=O) groups is 1. The van der Waals surface area contributed by atoms with Crippen molar-refractivity contribution in [1.82, 2.24) is 9.97 Å². The molecule has 1 N–H and O–H groups in total. The van der Waals surface area contributed by atoms with Crippen LogP contribution in [0.3, 0.4) is 0 Å². The van der Waals surface area contributed by atoms with Crippen LogP contribution < -0.4 is 14.8 Å². The molecule has 0 atom stereocenters. The number of halogens is 3. The lowest BCUT2D eigenvalue weighted by Crippen LogP contribution is -2.19. The molecule has 1 aromatic heterocycles. The third-order valence-corrected chi connectivity index (χ3v) is 5.82. The lowest BCUT2D eigenvalue weighted by atomic mass is 10.2. The summed E-state index contributed by atoms with van der Waals surface area (Å²) < 4.78 is 71.2. The average Bonchev–Trinajstić information content (AvgIpc) is 2.82. The van der Waals surface area contributed by atoms with Crippen molar-refractivity contribution in [2.45, 2.75) is 11.1 Å². The summed E-state index contributed by atoms with van der Waals surface area (Å²) >= 11 is 0. The van der Waals surface area contributed by atoms with Gasteiger partial charge in [0.25, 0.3) is 11.8 Å². The zero-order chi connectivity index (χ0) is 25.9. The molecule has 4 rings (SSSR count). The molecule has 0 bridgehead atoms. The van der Waals surface area contributed by atoms with Crippen molar-refractivity contribution in [2.75, 3.05) is 18.2 Å². The minimum Gasteiger partial charge on any atom is -0.484 e. The molecule has 0 saturated heterocycles. The Hall–Kier alpha value is -4.19. The Morgan fingerprint density at radius 1 is 0.917 bits per heavy atom. The van der Waals surface area contributed by atoms with E-state index in [0.29, 0.717) is 11.0 Å². The van der Waals surface area contributed by atoms with Crippen LogP contribution in [-0.4, -0.2) is 43.3 Å². The van der Waals surface area contributed by atoms with Gasteiger partial charge in [0, 0.05) is 11.9 Å². The predicted molar refractivity (Wildman–Crippen MR) is 125 cm³/mol. The number of nitrogens with one attached hydrogen (secondary N) is 1. The molecule has 12 heteroatoms. The number of para-hydroxylation sites is 2. The molecule has 0 radical (unpaired) electrons. The Kier molecular flexibility index (Phi) is 6.80. The molecule has 0 unspecified atom stereocenters. The highest BCUT2D eigenvalue weighted by Crippen LogP contribution is 2.28. The van der Waals surface area contributed by atoms with E-state index in [1.54, 1.807) is 24.3 Å². The molecular formula is C24H18F3N3O5S. The summed E-state index contributed by atoms with van der Waals surface area (Å²) in [4.78, 5) is 21.8. The molecule has 8 nitrogen and oxygen atoms in total. The maximum atomic E-state index is 13.1. The maximum Gasteiger partial charge on any atom is 0.422 e. The first-order valence-electron chi connectivity index (χ1n) is 10.3. The fourth-order valence-corrected chi connectivity index (χ4v) is 3.75. The number of nitrogens with zero attached hydrogens (tertiary/aromatic N) is 2. The fourth-order valence-electron chi connectivity index (χ4n) is 3.08. The van der Waals surface area contributed by atoms with Gasteiger partial charge in [0.15, 0.2) is 22.1 Å². The highest BCUT2D eigenvalue weighted by Gasteiger charge is 2.28. The lowest BCUT2D eigenvalue weighted by molar-refractivity contribution is -0.153. The monoisotopic (exact) mass is 517 g/mol. The number of fused-ring (bicyclic) bond motifs is 1. The number of ether oxygens (including phenoxy) is 2. The smallest absolute Gasteiger partial charge is 0.422 e. The van der Waals surface area contributed by atoms with E-state index in [-0.39, 0.29) is 33.7 Å². The van der Waals surface area contributed by atoms with Crippen LogP contribution in [0.1, 0.15) is 10.5 Å². The van der Waals surface area contributed by atoms with Crippen LogP contribution in [0.2, 0.25) is 0 Å². The minimum absolute atomic E-state index is 0.0204. The van der Waals surface area contributed by atoms with Gasteiger partial charge in [-0.1, -0.05) is 18.2 Å². The Morgan fingerprint density at radius 3 is 2.19 bits per heavy atom. The van der Waals surface area contributed by atoms with Crippen LogP contribution in [0, 0.1) is 0 Å². The van der Waals surface area contributed by atoms with Crippen LogP contribution in [-0.2, 0) is 9.84 Å². The Balaban J connectivity index is 1.63. The molecule has 0 aliphatic heterocycles. The average molecular weight is 517 g/mol. The number of rotatable bonds is 7. The predicted octanol–water partition coefficient (Wildman–Crippen LogP) is 5.02. The molecule has 36 heavy (non-hydrogen) atoms. The van der Waals surface area contributed by atoms with Gasteiger partial charge in [-0.05, 0) is 54.6 Å². The van der Waals surface area contributed by atoms with Gasteiger partial charge in [0.05, 0.1) is 15.9 Å². The minimum atomic E-state index is -4.47. The molecule has 1 heterocycles. The van der Waals surface area contributed by atoms with E-state index in [2.05, 4.69) is 20.0 Å². The number of hydrogen-bond donors (Lipinski definition) is 1. The van der Waals surface area contributed by atoms with Crippen LogP contribution in [0.25, 0.3) is 11.0 Å². The fraction of sp³-hybridized carbons (Fsp3) is 0.125. The number of benzene rings is 3. The second-order valence-corrected chi connectivity index (χ2v) is 9.61. The number of carbonyl (C=O) groups excluding carboxylic acids is 1. The summed E-state index contributed by atoms with van der Waals surface area (Å²) in [6.45, 7) is -1.44. The number of hydrogen-bond acceptors (Lipinski definition) is 7. The third-order valence-electron chi connectivity index (χ3n) is 4.71. The largest absolute Gasteiger partial charge is 0.484 e. The van der Waals surface area contributed by atoms with Crippen molar-refractivity contribution in [3.8, 4) is 17.4 Å². The van der Waals surface area contributed by atoms with Gasteiger partial charge in [0.2, 0.25) is 0 Å². The summed E-state index contributed by atoms with van der Waals surface area (Å²) in [6.07, 6.45) is -3.42. The van der Waals surface area contributed by atoms with Crippen molar-refractivity contribution >= 4 is 32.5 Å². The molecule has 0 aliphatic rings. The molecule has 186 valence electrons. The number of alkyl halides is 3. The first-order valence-corrected chi connectivity index (χ1v) is 12.2. The normalized spacial score (nSPS) is 11.8. The zero-order valence-electron chi connectivity index (χ0n) is 18.6. The molecule has 1 amide bonds. The van der Waals surface area contributed by atoms with Gasteiger partial charge in [-0.3, -0.25) is 4.79 Å². The molecule has 0 spiro atoms. The van der Waals surface area contributed by atoms with E-state index in [9.17, 15) is 26.4 Å². The standard InChI is InChI=1S/C24H18F3N3O5S/c1-36(32,33)18-6-4-5-15(13-18)28-22(31)21-23(30-20-8-3-2-7-19(20)29-21)35-17-11-9-16(10-12-17)34-14-24(25,26)27/h2-13H,14H2,1H3,(H,28,31). The number of aromatic nitrogens is 2. The van der Waals surface area contributed by atoms with Crippen molar-refractivity contribution < 1.29 is 35.9 Å². The quantitative estimate of drug-likeness (QED) is 0.367. The van der Waals surface area contributed by atoms with E-state index < -0.39 is 28.5 Å². The molecule has 0 fully saturated rings. The molecule has 0 saturated carbocycles. The van der Waals surface area contributed by atoms with Crippen LogP contribution in [0.4, 0.5) is 18.9 Å². The van der Waals surface area contributed by atoms with E-state index in [4.69, 9.17) is 4.74 Å². The van der Waals surface area contributed by atoms with E-state index >= 15 is 0 Å².